The molecule has 0 bridgehead atoms. The van der Waals surface area contributed by atoms with Gasteiger partial charge in [-0.1, -0.05) is 0 Å². The minimum Gasteiger partial charge on any atom is -0.471 e. The number of amides is 1. The lowest BCUT2D eigenvalue weighted by atomic mass is 10.1. The highest BCUT2D eigenvalue weighted by molar-refractivity contribution is 5.91. The Morgan fingerprint density at radius 3 is 3.00 bits per heavy atom. The highest BCUT2D eigenvalue weighted by atomic mass is 16.5. The number of likely N-dealkylation sites (tertiary alicyclic amines) is 1. The van der Waals surface area contributed by atoms with Gasteiger partial charge in [0.15, 0.2) is 0 Å². The first-order valence-corrected chi connectivity index (χ1v) is 8.55. The zero-order valence-corrected chi connectivity index (χ0v) is 14.7. The number of fused-ring (bicyclic) bond motifs is 1. The molecule has 9 heteroatoms. The zero-order valence-electron chi connectivity index (χ0n) is 14.7. The maximum Gasteiger partial charge on any atom is 0.293 e. The number of hydrogen-bond acceptors (Lipinski definition) is 7. The van der Waals surface area contributed by atoms with Gasteiger partial charge in [-0.3, -0.25) is 4.79 Å². The predicted molar refractivity (Wildman–Crippen MR) is 91.8 cm³/mol. The van der Waals surface area contributed by atoms with Gasteiger partial charge in [0.2, 0.25) is 11.7 Å². The Labute approximate surface area is 150 Å². The van der Waals surface area contributed by atoms with Crippen molar-refractivity contribution in [2.45, 2.75) is 32.8 Å². The first-order valence-electron chi connectivity index (χ1n) is 8.55. The van der Waals surface area contributed by atoms with Gasteiger partial charge in [0.1, 0.15) is 6.10 Å². The predicted octanol–water partition coefficient (Wildman–Crippen LogP) is 1.21. The van der Waals surface area contributed by atoms with E-state index >= 15 is 0 Å². The van der Waals surface area contributed by atoms with Crippen molar-refractivity contribution in [3.63, 3.8) is 0 Å². The van der Waals surface area contributed by atoms with Crippen molar-refractivity contribution in [2.75, 3.05) is 13.1 Å². The fourth-order valence-corrected chi connectivity index (χ4v) is 3.14. The van der Waals surface area contributed by atoms with E-state index in [1.165, 1.54) is 0 Å². The van der Waals surface area contributed by atoms with Crippen LogP contribution in [0.25, 0.3) is 5.78 Å². The Morgan fingerprint density at radius 1 is 1.31 bits per heavy atom. The summed E-state index contributed by atoms with van der Waals surface area (Å²) in [6, 6.07) is 5.43. The molecule has 3 aromatic heterocycles. The van der Waals surface area contributed by atoms with Crippen molar-refractivity contribution in [3.8, 4) is 5.88 Å². The number of aryl methyl sites for hydroxylation is 2. The van der Waals surface area contributed by atoms with E-state index < -0.39 is 0 Å². The molecule has 1 atom stereocenters. The molecule has 1 aliphatic rings. The molecular weight excluding hydrogens is 334 g/mol. The van der Waals surface area contributed by atoms with Crippen LogP contribution < -0.4 is 4.74 Å². The molecule has 0 N–H and O–H groups in total. The summed E-state index contributed by atoms with van der Waals surface area (Å²) < 4.78 is 7.43. The molecule has 0 aliphatic carbocycles. The van der Waals surface area contributed by atoms with Crippen LogP contribution in [0.4, 0.5) is 0 Å². The topological polar surface area (TPSA) is 98.4 Å². The normalized spacial score (nSPS) is 17.5. The molecule has 1 aliphatic heterocycles. The van der Waals surface area contributed by atoms with Crippen molar-refractivity contribution in [1.82, 2.24) is 34.7 Å². The third-order valence-electron chi connectivity index (χ3n) is 4.31. The van der Waals surface area contributed by atoms with Crippen molar-refractivity contribution in [1.29, 1.82) is 0 Å². The first kappa shape index (κ1) is 16.4. The van der Waals surface area contributed by atoms with E-state index in [0.29, 0.717) is 24.7 Å². The molecule has 1 saturated heterocycles. The lowest BCUT2D eigenvalue weighted by molar-refractivity contribution is 0.0515. The number of piperidine rings is 1. The van der Waals surface area contributed by atoms with Gasteiger partial charge < -0.3 is 9.64 Å². The van der Waals surface area contributed by atoms with Crippen molar-refractivity contribution in [3.05, 3.63) is 41.6 Å². The standard InChI is InChI=1S/C17H19N7O2/c1-11-9-12(2)24-17(19-11)20-15(22-24)16(25)23-8-4-5-13(10-23)26-14-6-3-7-18-21-14/h3,6-7,9,13H,4-5,8,10H2,1-2H3/t13-/m0/s1. The third kappa shape index (κ3) is 3.19. The molecule has 0 unspecified atom stereocenters. The quantitative estimate of drug-likeness (QED) is 0.698. The molecule has 1 fully saturated rings. The van der Waals surface area contributed by atoms with Gasteiger partial charge in [0.25, 0.3) is 11.7 Å². The highest BCUT2D eigenvalue weighted by Crippen LogP contribution is 2.17. The van der Waals surface area contributed by atoms with E-state index in [-0.39, 0.29) is 17.8 Å². The molecule has 4 rings (SSSR count). The molecule has 26 heavy (non-hydrogen) atoms. The molecule has 0 saturated carbocycles. The van der Waals surface area contributed by atoms with Crippen LogP contribution in [0.15, 0.2) is 24.4 Å². The summed E-state index contributed by atoms with van der Waals surface area (Å²) in [5.41, 5.74) is 1.73. The van der Waals surface area contributed by atoms with E-state index in [1.807, 2.05) is 19.9 Å². The smallest absolute Gasteiger partial charge is 0.293 e. The molecule has 134 valence electrons. The maximum absolute atomic E-state index is 12.8. The second-order valence-corrected chi connectivity index (χ2v) is 6.38. The van der Waals surface area contributed by atoms with E-state index in [1.54, 1.807) is 27.7 Å². The molecule has 9 nitrogen and oxygen atoms in total. The van der Waals surface area contributed by atoms with Crippen molar-refractivity contribution < 1.29 is 9.53 Å². The van der Waals surface area contributed by atoms with E-state index in [2.05, 4.69) is 25.3 Å². The Morgan fingerprint density at radius 2 is 2.19 bits per heavy atom. The number of aromatic nitrogens is 6. The number of rotatable bonds is 3. The zero-order chi connectivity index (χ0) is 18.1. The molecule has 4 heterocycles. The van der Waals surface area contributed by atoms with Gasteiger partial charge in [-0.2, -0.15) is 10.1 Å². The molecular formula is C17H19N7O2. The minimum absolute atomic E-state index is 0.122. The van der Waals surface area contributed by atoms with Crippen LogP contribution in [0.3, 0.4) is 0 Å². The number of hydrogen-bond donors (Lipinski definition) is 0. The average Bonchev–Trinajstić information content (AvgIpc) is 3.06. The summed E-state index contributed by atoms with van der Waals surface area (Å²) in [5.74, 6) is 0.856. The lowest BCUT2D eigenvalue weighted by Gasteiger charge is -2.31. The second kappa shape index (κ2) is 6.66. The molecule has 1 amide bonds. The highest BCUT2D eigenvalue weighted by Gasteiger charge is 2.28. The van der Waals surface area contributed by atoms with E-state index in [0.717, 1.165) is 24.2 Å². The maximum atomic E-state index is 12.8. The number of ether oxygens (including phenoxy) is 1. The summed E-state index contributed by atoms with van der Waals surface area (Å²) in [4.78, 5) is 23.2. The Hall–Kier alpha value is -3.10. The van der Waals surface area contributed by atoms with Crippen LogP contribution in [0.1, 0.15) is 34.8 Å². The van der Waals surface area contributed by atoms with Crippen molar-refractivity contribution >= 4 is 11.7 Å². The molecule has 3 aromatic rings. The third-order valence-corrected chi connectivity index (χ3v) is 4.31. The fraction of sp³-hybridized carbons (Fsp3) is 0.412. The second-order valence-electron chi connectivity index (χ2n) is 6.38. The summed E-state index contributed by atoms with van der Waals surface area (Å²) in [6.07, 6.45) is 3.18. The monoisotopic (exact) mass is 353 g/mol. The van der Waals surface area contributed by atoms with Crippen molar-refractivity contribution in [2.24, 2.45) is 0 Å². The van der Waals surface area contributed by atoms with E-state index in [4.69, 9.17) is 4.74 Å². The SMILES string of the molecule is Cc1cc(C)n2nc(C(=O)N3CCC[C@H](Oc4cccnn4)C3)nc2n1. The number of carbonyl (C=O) groups excluding carboxylic acids is 1. The van der Waals surface area contributed by atoms with Crippen LogP contribution in [-0.2, 0) is 0 Å². The fourth-order valence-electron chi connectivity index (χ4n) is 3.14. The van der Waals surface area contributed by atoms with Crippen LogP contribution in [0, 0.1) is 13.8 Å². The summed E-state index contributed by atoms with van der Waals surface area (Å²) in [6.45, 7) is 4.93. The van der Waals surface area contributed by atoms with Gasteiger partial charge in [-0.25, -0.2) is 9.50 Å². The largest absolute Gasteiger partial charge is 0.471 e. The number of carbonyl (C=O) groups is 1. The summed E-state index contributed by atoms with van der Waals surface area (Å²) in [5, 5.41) is 12.1. The molecule has 0 spiro atoms. The molecule has 0 radical (unpaired) electrons. The van der Waals surface area contributed by atoms with Gasteiger partial charge in [-0.05, 0) is 38.8 Å². The number of nitrogens with zero attached hydrogens (tertiary/aromatic N) is 7. The Kier molecular flexibility index (Phi) is 4.19. The van der Waals surface area contributed by atoms with Crippen LogP contribution in [-0.4, -0.2) is 59.8 Å². The average molecular weight is 353 g/mol. The Balaban J connectivity index is 1.51. The lowest BCUT2D eigenvalue weighted by Crippen LogP contribution is -2.44. The molecule has 0 aromatic carbocycles. The summed E-state index contributed by atoms with van der Waals surface area (Å²) in [7, 11) is 0. The Bertz CT molecular complexity index is 941. The van der Waals surface area contributed by atoms with Crippen LogP contribution in [0.2, 0.25) is 0 Å². The van der Waals surface area contributed by atoms with Gasteiger partial charge in [0, 0.05) is 30.2 Å². The van der Waals surface area contributed by atoms with E-state index in [9.17, 15) is 4.79 Å². The van der Waals surface area contributed by atoms with Gasteiger partial charge in [0.05, 0.1) is 6.54 Å². The van der Waals surface area contributed by atoms with Gasteiger partial charge >= 0.3 is 0 Å². The first-order chi connectivity index (χ1) is 12.6. The van der Waals surface area contributed by atoms with Crippen LogP contribution in [0.5, 0.6) is 5.88 Å². The van der Waals surface area contributed by atoms with Gasteiger partial charge in [-0.15, -0.1) is 10.2 Å². The van der Waals surface area contributed by atoms with Crippen LogP contribution >= 0.6 is 0 Å². The minimum atomic E-state index is -0.208. The summed E-state index contributed by atoms with van der Waals surface area (Å²) >= 11 is 0.